The van der Waals surface area contributed by atoms with E-state index in [4.69, 9.17) is 5.26 Å². The van der Waals surface area contributed by atoms with Gasteiger partial charge in [0.2, 0.25) is 0 Å². The summed E-state index contributed by atoms with van der Waals surface area (Å²) in [6.07, 6.45) is 1.15. The molecule has 5 nitrogen and oxygen atoms in total. The van der Waals surface area contributed by atoms with Gasteiger partial charge in [-0.3, -0.25) is 0 Å². The molecule has 0 bridgehead atoms. The minimum atomic E-state index is -3.55. The molecule has 6 heteroatoms. The molecule has 0 fully saturated rings. The predicted molar refractivity (Wildman–Crippen MR) is 54.7 cm³/mol. The van der Waals surface area contributed by atoms with Gasteiger partial charge in [0.1, 0.15) is 5.54 Å². The lowest BCUT2D eigenvalue weighted by atomic mass is 10.0. The Bertz CT molecular complexity index is 307. The Morgan fingerprint density at radius 1 is 1.43 bits per heavy atom. The third-order valence-electron chi connectivity index (χ3n) is 1.86. The number of nitrogens with one attached hydrogen (secondary N) is 2. The Kier molecular flexibility index (Phi) is 5.05. The van der Waals surface area contributed by atoms with Crippen LogP contribution < -0.4 is 9.44 Å². The SMILES string of the molecule is CCCNS(=O)(=O)NC(C)(C#N)CC. The average Bonchev–Trinajstić information content (AvgIpc) is 2.14. The van der Waals surface area contributed by atoms with Crippen LogP contribution in [0.4, 0.5) is 0 Å². The third-order valence-corrected chi connectivity index (χ3v) is 3.16. The second-order valence-electron chi connectivity index (χ2n) is 3.30. The van der Waals surface area contributed by atoms with Gasteiger partial charge in [-0.1, -0.05) is 13.8 Å². The molecule has 1 atom stereocenters. The zero-order chi connectivity index (χ0) is 11.2. The van der Waals surface area contributed by atoms with E-state index < -0.39 is 15.7 Å². The molecule has 0 aliphatic rings. The van der Waals surface area contributed by atoms with Crippen LogP contribution in [0.5, 0.6) is 0 Å². The highest BCUT2D eigenvalue weighted by Crippen LogP contribution is 2.07. The maximum atomic E-state index is 11.3. The Labute approximate surface area is 85.7 Å². The molecule has 0 aliphatic carbocycles. The number of nitriles is 1. The summed E-state index contributed by atoms with van der Waals surface area (Å²) < 4.78 is 27.3. The molecule has 0 amide bonds. The fourth-order valence-electron chi connectivity index (χ4n) is 0.743. The van der Waals surface area contributed by atoms with Gasteiger partial charge in [0.25, 0.3) is 10.2 Å². The molecule has 0 heterocycles. The van der Waals surface area contributed by atoms with Crippen molar-refractivity contribution in [2.24, 2.45) is 0 Å². The van der Waals surface area contributed by atoms with Crippen molar-refractivity contribution < 1.29 is 8.42 Å². The molecule has 2 N–H and O–H groups in total. The first-order chi connectivity index (χ1) is 6.39. The molecule has 82 valence electrons. The van der Waals surface area contributed by atoms with Crippen LogP contribution in [-0.2, 0) is 10.2 Å². The first-order valence-electron chi connectivity index (χ1n) is 4.59. The summed E-state index contributed by atoms with van der Waals surface area (Å²) in [6.45, 7) is 5.55. The number of hydrogen-bond acceptors (Lipinski definition) is 3. The lowest BCUT2D eigenvalue weighted by Gasteiger charge is -2.20. The van der Waals surface area contributed by atoms with E-state index in [-0.39, 0.29) is 0 Å². The first-order valence-corrected chi connectivity index (χ1v) is 6.07. The molecule has 0 spiro atoms. The van der Waals surface area contributed by atoms with Crippen LogP contribution in [0.3, 0.4) is 0 Å². The van der Waals surface area contributed by atoms with Crippen molar-refractivity contribution >= 4 is 10.2 Å². The Hall–Kier alpha value is -0.640. The fraction of sp³-hybridized carbons (Fsp3) is 0.875. The van der Waals surface area contributed by atoms with Crippen molar-refractivity contribution in [1.29, 1.82) is 5.26 Å². The molecule has 0 saturated carbocycles. The van der Waals surface area contributed by atoms with Gasteiger partial charge in [0.05, 0.1) is 6.07 Å². The van der Waals surface area contributed by atoms with Crippen LogP contribution in [-0.4, -0.2) is 20.5 Å². The lowest BCUT2D eigenvalue weighted by Crippen LogP contribution is -2.49. The quantitative estimate of drug-likeness (QED) is 0.683. The predicted octanol–water partition coefficient (Wildman–Crippen LogP) is 0.513. The van der Waals surface area contributed by atoms with Crippen LogP contribution in [0, 0.1) is 11.3 Å². The van der Waals surface area contributed by atoms with E-state index in [0.29, 0.717) is 13.0 Å². The Balaban J connectivity index is 4.43. The molecule has 14 heavy (non-hydrogen) atoms. The third kappa shape index (κ3) is 4.56. The van der Waals surface area contributed by atoms with E-state index in [0.717, 1.165) is 6.42 Å². The molecule has 0 radical (unpaired) electrons. The maximum Gasteiger partial charge on any atom is 0.278 e. The topological polar surface area (TPSA) is 82.0 Å². The van der Waals surface area contributed by atoms with Gasteiger partial charge in [-0.25, -0.2) is 4.72 Å². The van der Waals surface area contributed by atoms with E-state index in [9.17, 15) is 8.42 Å². The number of rotatable bonds is 6. The van der Waals surface area contributed by atoms with Crippen LogP contribution in [0.2, 0.25) is 0 Å². The van der Waals surface area contributed by atoms with Gasteiger partial charge in [-0.2, -0.15) is 18.4 Å². The molecule has 0 aromatic heterocycles. The Morgan fingerprint density at radius 2 is 2.00 bits per heavy atom. The zero-order valence-corrected chi connectivity index (χ0v) is 9.61. The minimum Gasteiger partial charge on any atom is -0.202 e. The van der Waals surface area contributed by atoms with E-state index >= 15 is 0 Å². The maximum absolute atomic E-state index is 11.3. The molecule has 0 rings (SSSR count). The second kappa shape index (κ2) is 5.29. The minimum absolute atomic E-state index is 0.376. The summed E-state index contributed by atoms with van der Waals surface area (Å²) in [5.74, 6) is 0. The molecular formula is C8H17N3O2S. The summed E-state index contributed by atoms with van der Waals surface area (Å²) >= 11 is 0. The molecule has 0 saturated heterocycles. The smallest absolute Gasteiger partial charge is 0.202 e. The average molecular weight is 219 g/mol. The molecule has 0 aromatic carbocycles. The summed E-state index contributed by atoms with van der Waals surface area (Å²) in [5.41, 5.74) is -1.03. The molecule has 0 aliphatic heterocycles. The molecule has 0 aromatic rings. The van der Waals surface area contributed by atoms with Crippen LogP contribution in [0.15, 0.2) is 0 Å². The lowest BCUT2D eigenvalue weighted by molar-refractivity contribution is 0.487. The summed E-state index contributed by atoms with van der Waals surface area (Å²) in [4.78, 5) is 0. The van der Waals surface area contributed by atoms with Gasteiger partial charge >= 0.3 is 0 Å². The Morgan fingerprint density at radius 3 is 2.36 bits per heavy atom. The second-order valence-corrected chi connectivity index (χ2v) is 4.80. The fourth-order valence-corrected chi connectivity index (χ4v) is 2.07. The van der Waals surface area contributed by atoms with Crippen molar-refractivity contribution in [1.82, 2.24) is 9.44 Å². The summed E-state index contributed by atoms with van der Waals surface area (Å²) in [7, 11) is -3.55. The van der Waals surface area contributed by atoms with Crippen molar-refractivity contribution in [2.45, 2.75) is 39.2 Å². The van der Waals surface area contributed by atoms with Crippen molar-refractivity contribution in [3.05, 3.63) is 0 Å². The molecular weight excluding hydrogens is 202 g/mol. The molecule has 1 unspecified atom stereocenters. The highest BCUT2D eigenvalue weighted by molar-refractivity contribution is 7.87. The van der Waals surface area contributed by atoms with E-state index in [1.165, 1.54) is 0 Å². The van der Waals surface area contributed by atoms with Crippen LogP contribution in [0.25, 0.3) is 0 Å². The number of hydrogen-bond donors (Lipinski definition) is 2. The van der Waals surface area contributed by atoms with Gasteiger partial charge < -0.3 is 0 Å². The van der Waals surface area contributed by atoms with Crippen LogP contribution in [0.1, 0.15) is 33.6 Å². The highest BCUT2D eigenvalue weighted by Gasteiger charge is 2.27. The van der Waals surface area contributed by atoms with Gasteiger partial charge in [-0.05, 0) is 19.8 Å². The normalized spacial score (nSPS) is 15.9. The largest absolute Gasteiger partial charge is 0.278 e. The highest BCUT2D eigenvalue weighted by atomic mass is 32.2. The van der Waals surface area contributed by atoms with Crippen LogP contribution >= 0.6 is 0 Å². The summed E-state index contributed by atoms with van der Waals surface area (Å²) in [6, 6.07) is 1.93. The van der Waals surface area contributed by atoms with Crippen molar-refractivity contribution in [2.75, 3.05) is 6.54 Å². The van der Waals surface area contributed by atoms with E-state index in [2.05, 4.69) is 9.44 Å². The summed E-state index contributed by atoms with van der Waals surface area (Å²) in [5, 5.41) is 8.77. The van der Waals surface area contributed by atoms with Gasteiger partial charge in [-0.15, -0.1) is 0 Å². The first kappa shape index (κ1) is 13.4. The van der Waals surface area contributed by atoms with Crippen molar-refractivity contribution in [3.63, 3.8) is 0 Å². The van der Waals surface area contributed by atoms with E-state index in [1.807, 2.05) is 13.0 Å². The van der Waals surface area contributed by atoms with Gasteiger partial charge in [0, 0.05) is 6.54 Å². The monoisotopic (exact) mass is 219 g/mol. The zero-order valence-electron chi connectivity index (χ0n) is 8.79. The van der Waals surface area contributed by atoms with Crippen molar-refractivity contribution in [3.8, 4) is 6.07 Å². The van der Waals surface area contributed by atoms with Gasteiger partial charge in [0.15, 0.2) is 0 Å². The standard InChI is InChI=1S/C8H17N3O2S/c1-4-6-10-14(12,13)11-8(3,5-2)7-9/h10-11H,4-6H2,1-3H3. The number of nitrogens with zero attached hydrogens (tertiary/aromatic N) is 1. The van der Waals surface area contributed by atoms with E-state index in [1.54, 1.807) is 13.8 Å².